The fourth-order valence-corrected chi connectivity index (χ4v) is 1.35. The number of hydrogen-bond acceptors (Lipinski definition) is 3. The molecule has 0 heterocycles. The van der Waals surface area contributed by atoms with Crippen LogP contribution in [0.5, 0.6) is 0 Å². The second-order valence-electron chi connectivity index (χ2n) is 3.96. The lowest BCUT2D eigenvalue weighted by atomic mass is 10.0. The third-order valence-corrected chi connectivity index (χ3v) is 2.68. The molecule has 4 N–H and O–H groups in total. The summed E-state index contributed by atoms with van der Waals surface area (Å²) < 4.78 is 10.5. The normalized spacial score (nSPS) is 11.8. The van der Waals surface area contributed by atoms with Gasteiger partial charge in [0.15, 0.2) is 0 Å². The Morgan fingerprint density at radius 3 is 2.35 bits per heavy atom. The number of hydrogen-bond donors (Lipinski definition) is 4. The van der Waals surface area contributed by atoms with Crippen LogP contribution in [0, 0.1) is 0 Å². The van der Waals surface area contributed by atoms with Crippen LogP contribution in [0.15, 0.2) is 12.7 Å². The van der Waals surface area contributed by atoms with Crippen LogP contribution in [0.25, 0.3) is 0 Å². The lowest BCUT2D eigenvalue weighted by Crippen LogP contribution is -2.54. The van der Waals surface area contributed by atoms with Crippen LogP contribution in [-0.2, 0) is 14.2 Å². The van der Waals surface area contributed by atoms with Crippen molar-refractivity contribution in [2.75, 3.05) is 12.7 Å². The smallest absolute Gasteiger partial charge is 0.327 e. The van der Waals surface area contributed by atoms with Gasteiger partial charge in [-0.25, -0.2) is 0 Å². The van der Waals surface area contributed by atoms with Crippen molar-refractivity contribution < 1.29 is 23.9 Å². The van der Waals surface area contributed by atoms with Crippen molar-refractivity contribution in [3.63, 3.8) is 0 Å². The Bertz CT molecular complexity index is 360. The minimum absolute atomic E-state index is 0.156. The van der Waals surface area contributed by atoms with E-state index in [2.05, 4.69) is 17.2 Å². The monoisotopic (exact) mass is 264 g/mol. The maximum Gasteiger partial charge on any atom is 0.327 e. The molecule has 8 heteroatoms. The summed E-state index contributed by atoms with van der Waals surface area (Å²) in [7, 11) is -4.13. The maximum atomic E-state index is 11.6. The molecule has 0 atom stereocenters. The molecule has 0 radical (unpaired) electrons. The maximum absolute atomic E-state index is 11.6. The van der Waals surface area contributed by atoms with Crippen molar-refractivity contribution in [1.29, 1.82) is 0 Å². The molecule has 0 saturated carbocycles. The molecule has 0 fully saturated rings. The summed E-state index contributed by atoms with van der Waals surface area (Å²) in [5.74, 6) is -1.03. The molecule has 98 valence electrons. The van der Waals surface area contributed by atoms with Gasteiger partial charge in [-0.1, -0.05) is 6.58 Å². The van der Waals surface area contributed by atoms with E-state index in [9.17, 15) is 14.2 Å². The molecule has 0 rings (SSSR count). The number of rotatable bonds is 6. The molecule has 0 aromatic rings. The van der Waals surface area contributed by atoms with Crippen molar-refractivity contribution in [2.24, 2.45) is 0 Å². The molecule has 0 spiro atoms. The average Bonchev–Trinajstić information content (AvgIpc) is 2.14. The zero-order valence-corrected chi connectivity index (χ0v) is 10.7. The van der Waals surface area contributed by atoms with Gasteiger partial charge < -0.3 is 20.4 Å². The molecule has 0 bridgehead atoms. The van der Waals surface area contributed by atoms with Crippen molar-refractivity contribution >= 4 is 19.4 Å². The van der Waals surface area contributed by atoms with Gasteiger partial charge in [0, 0.05) is 6.54 Å². The van der Waals surface area contributed by atoms with E-state index >= 15 is 0 Å². The molecule has 17 heavy (non-hydrogen) atoms. The second kappa shape index (κ2) is 5.95. The van der Waals surface area contributed by atoms with Gasteiger partial charge in [-0.3, -0.25) is 14.2 Å². The summed E-state index contributed by atoms with van der Waals surface area (Å²) in [6.07, 6.45) is 0.592. The van der Waals surface area contributed by atoms with Crippen LogP contribution in [0.2, 0.25) is 0 Å². The van der Waals surface area contributed by atoms with Gasteiger partial charge in [0.1, 0.15) is 5.54 Å². The van der Waals surface area contributed by atoms with Crippen LogP contribution in [0.1, 0.15) is 13.8 Å². The topological polar surface area (TPSA) is 116 Å². The molecule has 0 aliphatic rings. The molecule has 0 aromatic carbocycles. The largest absolute Gasteiger partial charge is 0.353 e. The third-order valence-electron chi connectivity index (χ3n) is 1.88. The van der Waals surface area contributed by atoms with Gasteiger partial charge in [0.25, 0.3) is 0 Å². The molecular weight excluding hydrogens is 247 g/mol. The molecule has 7 nitrogen and oxygen atoms in total. The zero-order valence-electron chi connectivity index (χ0n) is 9.77. The summed E-state index contributed by atoms with van der Waals surface area (Å²) in [6, 6.07) is 0. The minimum Gasteiger partial charge on any atom is -0.353 e. The lowest BCUT2D eigenvalue weighted by molar-refractivity contribution is -0.130. The third kappa shape index (κ3) is 6.88. The Balaban J connectivity index is 4.25. The van der Waals surface area contributed by atoms with Crippen molar-refractivity contribution in [3.05, 3.63) is 12.7 Å². The standard InChI is InChI=1S/C9H17N2O5P/c1-4-7(12)11-9(2,3)8(13)10-5-6-17(14,15)16/h4H,1,5-6H2,2-3H3,(H,10,13)(H,11,12)(H2,14,15,16). The second-order valence-corrected chi connectivity index (χ2v) is 5.74. The predicted octanol–water partition coefficient (Wildman–Crippen LogP) is -0.639. The van der Waals surface area contributed by atoms with E-state index in [1.165, 1.54) is 13.8 Å². The van der Waals surface area contributed by atoms with Gasteiger partial charge in [0.2, 0.25) is 11.8 Å². The Kier molecular flexibility index (Phi) is 5.54. The van der Waals surface area contributed by atoms with E-state index < -0.39 is 31.1 Å². The first-order valence-electron chi connectivity index (χ1n) is 4.86. The van der Waals surface area contributed by atoms with E-state index in [-0.39, 0.29) is 6.54 Å². The van der Waals surface area contributed by atoms with Gasteiger partial charge in [-0.2, -0.15) is 0 Å². The molecule has 0 aromatic heterocycles. The van der Waals surface area contributed by atoms with Gasteiger partial charge in [-0.05, 0) is 19.9 Å². The summed E-state index contributed by atoms with van der Waals surface area (Å²) in [4.78, 5) is 39.8. The fraction of sp³-hybridized carbons (Fsp3) is 0.556. The SMILES string of the molecule is C=CC(=O)NC(C)(C)C(=O)NCCP(=O)(O)O. The van der Waals surface area contributed by atoms with E-state index in [0.717, 1.165) is 6.08 Å². The Morgan fingerprint density at radius 1 is 1.41 bits per heavy atom. The van der Waals surface area contributed by atoms with Crippen molar-refractivity contribution in [2.45, 2.75) is 19.4 Å². The average molecular weight is 264 g/mol. The highest BCUT2D eigenvalue weighted by Crippen LogP contribution is 2.32. The lowest BCUT2D eigenvalue weighted by Gasteiger charge is -2.24. The molecular formula is C9H17N2O5P. The molecule has 0 unspecified atom stereocenters. The summed E-state index contributed by atoms with van der Waals surface area (Å²) >= 11 is 0. The Morgan fingerprint density at radius 2 is 1.94 bits per heavy atom. The fourth-order valence-electron chi connectivity index (χ4n) is 0.952. The van der Waals surface area contributed by atoms with Crippen LogP contribution in [-0.4, -0.2) is 39.8 Å². The number of amides is 2. The zero-order chi connectivity index (χ0) is 13.7. The van der Waals surface area contributed by atoms with Crippen LogP contribution >= 0.6 is 7.60 Å². The molecule has 0 saturated heterocycles. The summed E-state index contributed by atoms with van der Waals surface area (Å²) in [5, 5.41) is 4.72. The summed E-state index contributed by atoms with van der Waals surface area (Å²) in [5.41, 5.74) is -1.17. The van der Waals surface area contributed by atoms with Crippen molar-refractivity contribution in [1.82, 2.24) is 10.6 Å². The summed E-state index contributed by atoms with van der Waals surface area (Å²) in [6.45, 7) is 6.04. The predicted molar refractivity (Wildman–Crippen MR) is 62.3 cm³/mol. The quantitative estimate of drug-likeness (QED) is 0.376. The highest BCUT2D eigenvalue weighted by atomic mass is 31.2. The van der Waals surface area contributed by atoms with Crippen LogP contribution in [0.4, 0.5) is 0 Å². The first-order chi connectivity index (χ1) is 7.58. The van der Waals surface area contributed by atoms with Gasteiger partial charge in [0.05, 0.1) is 6.16 Å². The van der Waals surface area contributed by atoms with Crippen molar-refractivity contribution in [3.8, 4) is 0 Å². The first-order valence-corrected chi connectivity index (χ1v) is 6.66. The number of nitrogens with one attached hydrogen (secondary N) is 2. The minimum atomic E-state index is -4.13. The highest BCUT2D eigenvalue weighted by Gasteiger charge is 2.28. The molecule has 2 amide bonds. The van der Waals surface area contributed by atoms with Crippen LogP contribution in [0.3, 0.4) is 0 Å². The Labute approximate surface area is 99.4 Å². The number of carbonyl (C=O) groups is 2. The number of carbonyl (C=O) groups excluding carboxylic acids is 2. The van der Waals surface area contributed by atoms with E-state index in [1.54, 1.807) is 0 Å². The van der Waals surface area contributed by atoms with Gasteiger partial charge in [-0.15, -0.1) is 0 Å². The molecule has 0 aliphatic heterocycles. The van der Waals surface area contributed by atoms with E-state index in [1.807, 2.05) is 0 Å². The first kappa shape index (κ1) is 15.8. The van der Waals surface area contributed by atoms with Gasteiger partial charge >= 0.3 is 7.60 Å². The van der Waals surface area contributed by atoms with E-state index in [0.29, 0.717) is 0 Å². The van der Waals surface area contributed by atoms with E-state index in [4.69, 9.17) is 9.79 Å². The highest BCUT2D eigenvalue weighted by molar-refractivity contribution is 7.51. The Hall–Kier alpha value is -1.17. The van der Waals surface area contributed by atoms with Crippen LogP contribution < -0.4 is 10.6 Å². The molecule has 0 aliphatic carbocycles.